The van der Waals surface area contributed by atoms with Gasteiger partial charge in [0.25, 0.3) is 0 Å². The van der Waals surface area contributed by atoms with Crippen LogP contribution in [0.25, 0.3) is 0 Å². The highest BCUT2D eigenvalue weighted by molar-refractivity contribution is 9.10. The molecule has 0 heterocycles. The SMILES string of the molecule is N#CC1CCCC1Nc1ccc(Br)cc1OC(F)(F)F. The zero-order valence-electron chi connectivity index (χ0n) is 10.4. The van der Waals surface area contributed by atoms with Crippen LogP contribution in [0.5, 0.6) is 5.75 Å². The molecule has 1 aliphatic carbocycles. The summed E-state index contributed by atoms with van der Waals surface area (Å²) < 4.78 is 41.7. The number of alkyl halides is 3. The predicted molar refractivity (Wildman–Crippen MR) is 71.2 cm³/mol. The van der Waals surface area contributed by atoms with Crippen molar-refractivity contribution in [1.82, 2.24) is 0 Å². The molecule has 3 nitrogen and oxygen atoms in total. The summed E-state index contributed by atoms with van der Waals surface area (Å²) in [5.41, 5.74) is 0.248. The maximum absolute atomic E-state index is 12.4. The van der Waals surface area contributed by atoms with Crippen molar-refractivity contribution in [2.24, 2.45) is 5.92 Å². The molecule has 1 aromatic carbocycles. The number of ether oxygens (including phenoxy) is 1. The van der Waals surface area contributed by atoms with Gasteiger partial charge in [0.15, 0.2) is 5.75 Å². The van der Waals surface area contributed by atoms with Crippen LogP contribution in [0.15, 0.2) is 22.7 Å². The third-order valence-electron chi connectivity index (χ3n) is 3.19. The van der Waals surface area contributed by atoms with Gasteiger partial charge >= 0.3 is 6.36 Å². The molecular weight excluding hydrogens is 337 g/mol. The molecular formula is C13H12BrF3N2O. The molecule has 0 saturated heterocycles. The second kappa shape index (κ2) is 5.92. The van der Waals surface area contributed by atoms with Crippen molar-refractivity contribution < 1.29 is 17.9 Å². The quantitative estimate of drug-likeness (QED) is 0.877. The van der Waals surface area contributed by atoms with E-state index in [0.29, 0.717) is 4.47 Å². The zero-order valence-corrected chi connectivity index (χ0v) is 12.0. The molecule has 1 N–H and O–H groups in total. The maximum atomic E-state index is 12.4. The number of anilines is 1. The third-order valence-corrected chi connectivity index (χ3v) is 3.69. The zero-order chi connectivity index (χ0) is 14.8. The van der Waals surface area contributed by atoms with E-state index in [1.54, 1.807) is 6.07 Å². The Labute approximate surface area is 122 Å². The molecule has 1 aromatic rings. The predicted octanol–water partition coefficient (Wildman–Crippen LogP) is 4.45. The summed E-state index contributed by atoms with van der Waals surface area (Å²) in [6.07, 6.45) is -2.33. The van der Waals surface area contributed by atoms with Crippen LogP contribution >= 0.6 is 15.9 Å². The van der Waals surface area contributed by atoms with E-state index in [1.165, 1.54) is 12.1 Å². The molecule has 0 bridgehead atoms. The van der Waals surface area contributed by atoms with Gasteiger partial charge in [0.2, 0.25) is 0 Å². The van der Waals surface area contributed by atoms with Gasteiger partial charge in [-0.1, -0.05) is 15.9 Å². The van der Waals surface area contributed by atoms with Crippen molar-refractivity contribution in [3.05, 3.63) is 22.7 Å². The van der Waals surface area contributed by atoms with Gasteiger partial charge in [0.1, 0.15) is 0 Å². The number of benzene rings is 1. The van der Waals surface area contributed by atoms with E-state index in [9.17, 15) is 13.2 Å². The van der Waals surface area contributed by atoms with Crippen LogP contribution in [0.3, 0.4) is 0 Å². The fraction of sp³-hybridized carbons (Fsp3) is 0.462. The minimum atomic E-state index is -4.75. The minimum Gasteiger partial charge on any atom is -0.404 e. The highest BCUT2D eigenvalue weighted by atomic mass is 79.9. The lowest BCUT2D eigenvalue weighted by molar-refractivity contribution is -0.274. The van der Waals surface area contributed by atoms with Crippen LogP contribution in [-0.2, 0) is 0 Å². The van der Waals surface area contributed by atoms with Gasteiger partial charge in [0, 0.05) is 10.5 Å². The highest BCUT2D eigenvalue weighted by Gasteiger charge is 2.33. The lowest BCUT2D eigenvalue weighted by atomic mass is 10.1. The normalized spacial score (nSPS) is 22.4. The molecule has 0 spiro atoms. The van der Waals surface area contributed by atoms with Gasteiger partial charge in [-0.25, -0.2) is 0 Å². The number of nitrogens with zero attached hydrogens (tertiary/aromatic N) is 1. The van der Waals surface area contributed by atoms with E-state index in [0.717, 1.165) is 19.3 Å². The second-order valence-corrected chi connectivity index (χ2v) is 5.52. The lowest BCUT2D eigenvalue weighted by Gasteiger charge is -2.20. The van der Waals surface area contributed by atoms with Crippen molar-refractivity contribution in [1.29, 1.82) is 5.26 Å². The summed E-state index contributed by atoms with van der Waals surface area (Å²) >= 11 is 3.11. The molecule has 20 heavy (non-hydrogen) atoms. The van der Waals surface area contributed by atoms with Crippen LogP contribution < -0.4 is 10.1 Å². The summed E-state index contributed by atoms with van der Waals surface area (Å²) in [6.45, 7) is 0. The second-order valence-electron chi connectivity index (χ2n) is 4.61. The average molecular weight is 349 g/mol. The molecule has 2 atom stereocenters. The third kappa shape index (κ3) is 3.79. The number of hydrogen-bond acceptors (Lipinski definition) is 3. The summed E-state index contributed by atoms with van der Waals surface area (Å²) in [4.78, 5) is 0. The van der Waals surface area contributed by atoms with Gasteiger partial charge in [-0.3, -0.25) is 0 Å². The number of hydrogen-bond donors (Lipinski definition) is 1. The van der Waals surface area contributed by atoms with E-state index in [1.807, 2.05) is 0 Å². The molecule has 7 heteroatoms. The molecule has 1 aliphatic rings. The number of nitrogens with one attached hydrogen (secondary N) is 1. The molecule has 0 aromatic heterocycles. The number of nitriles is 1. The van der Waals surface area contributed by atoms with Crippen molar-refractivity contribution in [3.8, 4) is 11.8 Å². The standard InChI is InChI=1S/C13H12BrF3N2O/c14-9-4-5-11(12(6-9)20-13(15,16)17)19-10-3-1-2-8(10)7-18/h4-6,8,10,19H,1-3H2. The Morgan fingerprint density at radius 3 is 2.75 bits per heavy atom. The average Bonchev–Trinajstić information content (AvgIpc) is 2.78. The Morgan fingerprint density at radius 2 is 2.10 bits per heavy atom. The van der Waals surface area contributed by atoms with Gasteiger partial charge in [-0.15, -0.1) is 13.2 Å². The van der Waals surface area contributed by atoms with Crippen molar-refractivity contribution >= 4 is 21.6 Å². The summed E-state index contributed by atoms with van der Waals surface area (Å²) in [5, 5.41) is 12.0. The fourth-order valence-corrected chi connectivity index (χ4v) is 2.65. The molecule has 0 amide bonds. The molecule has 1 saturated carbocycles. The first-order chi connectivity index (χ1) is 9.39. The first-order valence-electron chi connectivity index (χ1n) is 6.10. The summed E-state index contributed by atoms with van der Waals surface area (Å²) in [7, 11) is 0. The maximum Gasteiger partial charge on any atom is 0.573 e. The lowest BCUT2D eigenvalue weighted by Crippen LogP contribution is -2.24. The highest BCUT2D eigenvalue weighted by Crippen LogP contribution is 2.36. The molecule has 0 radical (unpaired) electrons. The van der Waals surface area contributed by atoms with E-state index in [4.69, 9.17) is 5.26 Å². The van der Waals surface area contributed by atoms with Crippen molar-refractivity contribution in [2.75, 3.05) is 5.32 Å². The Balaban J connectivity index is 2.21. The Bertz CT molecular complexity index is 527. The molecule has 108 valence electrons. The van der Waals surface area contributed by atoms with E-state index in [-0.39, 0.29) is 23.4 Å². The van der Waals surface area contributed by atoms with E-state index in [2.05, 4.69) is 32.1 Å². The monoisotopic (exact) mass is 348 g/mol. The summed E-state index contributed by atoms with van der Waals surface area (Å²) in [5.74, 6) is -0.479. The van der Waals surface area contributed by atoms with E-state index >= 15 is 0 Å². The van der Waals surface area contributed by atoms with Crippen LogP contribution in [-0.4, -0.2) is 12.4 Å². The van der Waals surface area contributed by atoms with Crippen LogP contribution in [0.1, 0.15) is 19.3 Å². The van der Waals surface area contributed by atoms with Gasteiger partial charge < -0.3 is 10.1 Å². The fourth-order valence-electron chi connectivity index (χ4n) is 2.31. The molecule has 2 rings (SSSR count). The first-order valence-corrected chi connectivity index (χ1v) is 6.90. The molecule has 2 unspecified atom stereocenters. The van der Waals surface area contributed by atoms with Crippen LogP contribution in [0.4, 0.5) is 18.9 Å². The Morgan fingerprint density at radius 1 is 1.35 bits per heavy atom. The smallest absolute Gasteiger partial charge is 0.404 e. The van der Waals surface area contributed by atoms with E-state index < -0.39 is 6.36 Å². The van der Waals surface area contributed by atoms with Gasteiger partial charge in [-0.05, 0) is 37.5 Å². The number of halogens is 4. The largest absolute Gasteiger partial charge is 0.573 e. The van der Waals surface area contributed by atoms with Gasteiger partial charge in [-0.2, -0.15) is 5.26 Å². The molecule has 1 fully saturated rings. The topological polar surface area (TPSA) is 45.0 Å². The van der Waals surface area contributed by atoms with Crippen molar-refractivity contribution in [2.45, 2.75) is 31.7 Å². The van der Waals surface area contributed by atoms with Gasteiger partial charge in [0.05, 0.1) is 17.7 Å². The minimum absolute atomic E-state index is 0.142. The first kappa shape index (κ1) is 15.0. The number of rotatable bonds is 3. The summed E-state index contributed by atoms with van der Waals surface area (Å²) in [6, 6.07) is 6.43. The van der Waals surface area contributed by atoms with Crippen LogP contribution in [0, 0.1) is 17.2 Å². The Hall–Kier alpha value is -1.42. The Kier molecular flexibility index (Phi) is 4.43. The van der Waals surface area contributed by atoms with Crippen molar-refractivity contribution in [3.63, 3.8) is 0 Å². The van der Waals surface area contributed by atoms with Crippen LogP contribution in [0.2, 0.25) is 0 Å². The molecule has 0 aliphatic heterocycles.